The number of nitro benzene ring substituents is 1. The molecule has 0 bridgehead atoms. The molecule has 0 aromatic heterocycles. The Morgan fingerprint density at radius 3 is 2.56 bits per heavy atom. The Bertz CT molecular complexity index is 581. The molecular weight excluding hydrogens is 258 g/mol. The zero-order chi connectivity index (χ0) is 13.3. The van der Waals surface area contributed by atoms with Crippen molar-refractivity contribution in [2.24, 2.45) is 0 Å². The molecule has 1 aromatic rings. The fourth-order valence-corrected chi connectivity index (χ4v) is 2.98. The van der Waals surface area contributed by atoms with Crippen molar-refractivity contribution >= 4 is 21.4 Å². The van der Waals surface area contributed by atoms with Gasteiger partial charge in [-0.25, -0.2) is 13.1 Å². The van der Waals surface area contributed by atoms with Crippen LogP contribution < -0.4 is 10.0 Å². The highest BCUT2D eigenvalue weighted by Gasteiger charge is 2.32. The molecule has 1 aliphatic carbocycles. The average Bonchev–Trinajstić information content (AvgIpc) is 3.11. The summed E-state index contributed by atoms with van der Waals surface area (Å²) < 4.78 is 26.4. The fraction of sp³-hybridized carbons (Fsp3) is 0.400. The summed E-state index contributed by atoms with van der Waals surface area (Å²) in [6.07, 6.45) is 1.56. The summed E-state index contributed by atoms with van der Waals surface area (Å²) in [4.78, 5) is 9.94. The Hall–Kier alpha value is -1.67. The van der Waals surface area contributed by atoms with E-state index in [1.165, 1.54) is 18.2 Å². The summed E-state index contributed by atoms with van der Waals surface area (Å²) in [7, 11) is -2.21. The molecule has 0 amide bonds. The Morgan fingerprint density at radius 2 is 2.06 bits per heavy atom. The molecule has 98 valence electrons. The highest BCUT2D eigenvalue weighted by Crippen LogP contribution is 2.29. The second kappa shape index (κ2) is 4.54. The number of benzene rings is 1. The topological polar surface area (TPSA) is 101 Å². The summed E-state index contributed by atoms with van der Waals surface area (Å²) in [6, 6.07) is 3.86. The number of rotatable bonds is 5. The number of nitrogens with one attached hydrogen (secondary N) is 2. The lowest BCUT2D eigenvalue weighted by molar-refractivity contribution is -0.387. The number of nitro groups is 1. The van der Waals surface area contributed by atoms with E-state index in [1.807, 2.05) is 0 Å². The minimum Gasteiger partial charge on any atom is -0.388 e. The summed E-state index contributed by atoms with van der Waals surface area (Å²) >= 11 is 0. The Balaban J connectivity index is 2.45. The molecule has 1 fully saturated rings. The van der Waals surface area contributed by atoms with E-state index in [9.17, 15) is 18.5 Å². The van der Waals surface area contributed by atoms with Crippen LogP contribution in [-0.4, -0.2) is 26.4 Å². The predicted octanol–water partition coefficient (Wildman–Crippen LogP) is 1.08. The molecule has 1 aliphatic rings. The van der Waals surface area contributed by atoms with Gasteiger partial charge in [0.1, 0.15) is 0 Å². The van der Waals surface area contributed by atoms with Crippen LogP contribution in [0.4, 0.5) is 11.4 Å². The van der Waals surface area contributed by atoms with Crippen molar-refractivity contribution in [1.82, 2.24) is 4.72 Å². The van der Waals surface area contributed by atoms with Crippen LogP contribution in [0.25, 0.3) is 0 Å². The third kappa shape index (κ3) is 2.59. The van der Waals surface area contributed by atoms with Crippen LogP contribution in [0.2, 0.25) is 0 Å². The molecule has 0 atom stereocenters. The average molecular weight is 271 g/mol. The van der Waals surface area contributed by atoms with Crippen LogP contribution >= 0.6 is 0 Å². The lowest BCUT2D eigenvalue weighted by Crippen LogP contribution is -2.26. The van der Waals surface area contributed by atoms with Crippen molar-refractivity contribution in [3.05, 3.63) is 28.3 Å². The molecule has 2 rings (SSSR count). The molecule has 18 heavy (non-hydrogen) atoms. The van der Waals surface area contributed by atoms with Crippen molar-refractivity contribution < 1.29 is 13.3 Å². The fourth-order valence-electron chi connectivity index (χ4n) is 1.53. The first-order chi connectivity index (χ1) is 8.44. The van der Waals surface area contributed by atoms with Crippen LogP contribution in [0.5, 0.6) is 0 Å². The molecule has 8 heteroatoms. The van der Waals surface area contributed by atoms with E-state index in [-0.39, 0.29) is 10.9 Å². The highest BCUT2D eigenvalue weighted by molar-refractivity contribution is 7.89. The van der Waals surface area contributed by atoms with Crippen molar-refractivity contribution in [3.8, 4) is 0 Å². The monoisotopic (exact) mass is 271 g/mol. The van der Waals surface area contributed by atoms with E-state index >= 15 is 0 Å². The van der Waals surface area contributed by atoms with Gasteiger partial charge in [0.25, 0.3) is 5.69 Å². The Morgan fingerprint density at radius 1 is 1.39 bits per heavy atom. The Kier molecular flexibility index (Phi) is 3.22. The molecule has 0 heterocycles. The summed E-state index contributed by atoms with van der Waals surface area (Å²) in [6.45, 7) is 0. The van der Waals surface area contributed by atoms with E-state index in [2.05, 4.69) is 10.0 Å². The first kappa shape index (κ1) is 12.8. The van der Waals surface area contributed by atoms with Crippen molar-refractivity contribution in [2.45, 2.75) is 23.8 Å². The van der Waals surface area contributed by atoms with Gasteiger partial charge >= 0.3 is 0 Å². The number of anilines is 1. The van der Waals surface area contributed by atoms with Gasteiger partial charge in [-0.1, -0.05) is 0 Å². The van der Waals surface area contributed by atoms with Gasteiger partial charge in [-0.2, -0.15) is 0 Å². The van der Waals surface area contributed by atoms with Gasteiger partial charge in [0.15, 0.2) is 4.90 Å². The molecule has 1 saturated carbocycles. The zero-order valence-corrected chi connectivity index (χ0v) is 10.5. The van der Waals surface area contributed by atoms with Crippen molar-refractivity contribution in [3.63, 3.8) is 0 Å². The minimum absolute atomic E-state index is 0.0846. The van der Waals surface area contributed by atoms with Crippen LogP contribution in [-0.2, 0) is 10.0 Å². The van der Waals surface area contributed by atoms with Crippen LogP contribution in [0, 0.1) is 10.1 Å². The van der Waals surface area contributed by atoms with Gasteiger partial charge in [0.05, 0.1) is 4.92 Å². The molecular formula is C10H13N3O4S. The van der Waals surface area contributed by atoms with Gasteiger partial charge in [-0.15, -0.1) is 0 Å². The van der Waals surface area contributed by atoms with Crippen LogP contribution in [0.1, 0.15) is 12.8 Å². The Labute approximate surface area is 104 Å². The molecule has 0 aliphatic heterocycles. The molecule has 2 N–H and O–H groups in total. The van der Waals surface area contributed by atoms with Crippen LogP contribution in [0.15, 0.2) is 23.1 Å². The van der Waals surface area contributed by atoms with E-state index in [0.717, 1.165) is 12.8 Å². The summed E-state index contributed by atoms with van der Waals surface area (Å²) in [5.41, 5.74) is 0.0714. The lowest BCUT2D eigenvalue weighted by Gasteiger charge is -2.07. The maximum Gasteiger partial charge on any atom is 0.291 e. The number of hydrogen-bond acceptors (Lipinski definition) is 5. The molecule has 0 spiro atoms. The second-order valence-corrected chi connectivity index (χ2v) is 5.77. The molecule has 0 radical (unpaired) electrons. The smallest absolute Gasteiger partial charge is 0.291 e. The lowest BCUT2D eigenvalue weighted by atomic mass is 10.3. The quantitative estimate of drug-likeness (QED) is 0.616. The maximum atomic E-state index is 12.0. The third-order valence-electron chi connectivity index (χ3n) is 2.63. The maximum absolute atomic E-state index is 12.0. The molecule has 0 saturated heterocycles. The van der Waals surface area contributed by atoms with E-state index < -0.39 is 20.6 Å². The van der Waals surface area contributed by atoms with Crippen molar-refractivity contribution in [2.75, 3.05) is 12.4 Å². The van der Waals surface area contributed by atoms with E-state index in [0.29, 0.717) is 5.69 Å². The third-order valence-corrected chi connectivity index (χ3v) is 4.20. The van der Waals surface area contributed by atoms with Gasteiger partial charge < -0.3 is 5.32 Å². The van der Waals surface area contributed by atoms with E-state index in [1.54, 1.807) is 7.05 Å². The normalized spacial score (nSPS) is 15.4. The van der Waals surface area contributed by atoms with Gasteiger partial charge in [-0.05, 0) is 25.0 Å². The molecule has 1 aromatic carbocycles. The minimum atomic E-state index is -3.82. The summed E-state index contributed by atoms with van der Waals surface area (Å²) in [5, 5.41) is 13.7. The van der Waals surface area contributed by atoms with Gasteiger partial charge in [-0.3, -0.25) is 10.1 Å². The number of nitrogens with zero attached hydrogens (tertiary/aromatic N) is 1. The first-order valence-electron chi connectivity index (χ1n) is 5.42. The first-order valence-corrected chi connectivity index (χ1v) is 6.91. The van der Waals surface area contributed by atoms with Crippen molar-refractivity contribution in [1.29, 1.82) is 0 Å². The number of sulfonamides is 1. The molecule has 7 nitrogen and oxygen atoms in total. The zero-order valence-electron chi connectivity index (χ0n) is 9.71. The van der Waals surface area contributed by atoms with E-state index in [4.69, 9.17) is 0 Å². The summed E-state index contributed by atoms with van der Waals surface area (Å²) in [5.74, 6) is 0. The second-order valence-electron chi connectivity index (χ2n) is 4.09. The van der Waals surface area contributed by atoms with Gasteiger partial charge in [0, 0.05) is 24.8 Å². The predicted molar refractivity (Wildman–Crippen MR) is 66.0 cm³/mol. The van der Waals surface area contributed by atoms with Gasteiger partial charge in [0.2, 0.25) is 10.0 Å². The SMILES string of the molecule is CNc1ccc(S(=O)(=O)NC2CC2)c([N+](=O)[O-])c1. The van der Waals surface area contributed by atoms with Crippen LogP contribution in [0.3, 0.4) is 0 Å². The largest absolute Gasteiger partial charge is 0.388 e. The standard InChI is InChI=1S/C10H13N3O4S/c1-11-8-4-5-10(9(6-8)13(14)15)18(16,17)12-7-2-3-7/h4-7,11-12H,2-3H2,1H3. The number of hydrogen-bond donors (Lipinski definition) is 2. The highest BCUT2D eigenvalue weighted by atomic mass is 32.2. The molecule has 0 unspecified atom stereocenters.